The van der Waals surface area contributed by atoms with Crippen molar-refractivity contribution in [2.24, 2.45) is 0 Å². The third kappa shape index (κ3) is 7.33. The van der Waals surface area contributed by atoms with Crippen LogP contribution in [0.1, 0.15) is 30.5 Å². The van der Waals surface area contributed by atoms with Crippen molar-refractivity contribution in [1.29, 1.82) is 0 Å². The summed E-state index contributed by atoms with van der Waals surface area (Å²) in [6.07, 6.45) is 11.8. The van der Waals surface area contributed by atoms with Gasteiger partial charge in [-0.15, -0.1) is 0 Å². The lowest BCUT2D eigenvalue weighted by atomic mass is 10.0. The van der Waals surface area contributed by atoms with Crippen LogP contribution in [0.4, 0.5) is 14.9 Å². The Morgan fingerprint density at radius 1 is 1.26 bits per heavy atom. The normalized spacial score (nSPS) is 16.0. The van der Waals surface area contributed by atoms with Gasteiger partial charge < -0.3 is 15.2 Å². The standard InChI is InChI=1S/C27H30FN3O3/c1-20-9-4-3-7-15-30-27(33)31(18-20)26-17-23(34-19-25-24(28)12-8-16-29-25)14-13-22(26)11-6-5-10-21(2)32/h3-4,7-9,12-14,16-17,32H,1-2,5-6,10-11,15,18-19H2,(H,30,33)/b7-3-,9-4-. The van der Waals surface area contributed by atoms with Crippen LogP contribution < -0.4 is 15.0 Å². The van der Waals surface area contributed by atoms with E-state index in [1.165, 1.54) is 18.3 Å². The SMILES string of the molecule is C=C(O)CCCCc1ccc(OCc2ncccc2F)cc1N1CC(=C)/C=C\C=C/CNC1=O. The van der Waals surface area contributed by atoms with Crippen molar-refractivity contribution in [3.63, 3.8) is 0 Å². The van der Waals surface area contributed by atoms with Crippen LogP contribution in [0.25, 0.3) is 0 Å². The number of ether oxygens (including phenoxy) is 1. The van der Waals surface area contributed by atoms with Gasteiger partial charge in [0.05, 0.1) is 18.0 Å². The maximum absolute atomic E-state index is 14.0. The van der Waals surface area contributed by atoms with Crippen LogP contribution >= 0.6 is 0 Å². The van der Waals surface area contributed by atoms with Gasteiger partial charge in [0.1, 0.15) is 23.9 Å². The third-order valence-electron chi connectivity index (χ3n) is 5.28. The molecule has 0 atom stereocenters. The minimum Gasteiger partial charge on any atom is -0.513 e. The predicted molar refractivity (Wildman–Crippen MR) is 132 cm³/mol. The summed E-state index contributed by atoms with van der Waals surface area (Å²) < 4.78 is 19.8. The number of aliphatic hydroxyl groups is 1. The molecule has 0 saturated heterocycles. The lowest BCUT2D eigenvalue weighted by molar-refractivity contribution is 0.247. The van der Waals surface area contributed by atoms with Crippen molar-refractivity contribution in [2.45, 2.75) is 32.3 Å². The van der Waals surface area contributed by atoms with Crippen LogP contribution in [0.3, 0.4) is 0 Å². The molecule has 0 spiro atoms. The molecule has 0 saturated carbocycles. The average molecular weight is 464 g/mol. The zero-order valence-electron chi connectivity index (χ0n) is 19.2. The molecule has 7 heteroatoms. The highest BCUT2D eigenvalue weighted by molar-refractivity contribution is 5.93. The van der Waals surface area contributed by atoms with Gasteiger partial charge in [0, 0.05) is 25.2 Å². The maximum atomic E-state index is 14.0. The van der Waals surface area contributed by atoms with E-state index in [0.717, 1.165) is 24.0 Å². The number of halogens is 1. The number of hydrogen-bond acceptors (Lipinski definition) is 4. The number of carbonyl (C=O) groups excluding carboxylic acids is 1. The van der Waals surface area contributed by atoms with Gasteiger partial charge in [0.15, 0.2) is 0 Å². The summed E-state index contributed by atoms with van der Waals surface area (Å²) in [7, 11) is 0. The summed E-state index contributed by atoms with van der Waals surface area (Å²) in [5.74, 6) is 0.229. The number of aliphatic hydroxyl groups excluding tert-OH is 1. The van der Waals surface area contributed by atoms with Crippen LogP contribution in [-0.2, 0) is 13.0 Å². The number of nitrogens with one attached hydrogen (secondary N) is 1. The largest absolute Gasteiger partial charge is 0.513 e. The number of aryl methyl sites for hydroxylation is 1. The highest BCUT2D eigenvalue weighted by Crippen LogP contribution is 2.29. The van der Waals surface area contributed by atoms with Gasteiger partial charge in [-0.05, 0) is 48.6 Å². The van der Waals surface area contributed by atoms with Crippen molar-refractivity contribution < 1.29 is 19.0 Å². The second kappa shape index (κ2) is 12.4. The second-order valence-electron chi connectivity index (χ2n) is 8.00. The lowest BCUT2D eigenvalue weighted by Gasteiger charge is -2.27. The van der Waals surface area contributed by atoms with Gasteiger partial charge in [-0.1, -0.05) is 43.5 Å². The lowest BCUT2D eigenvalue weighted by Crippen LogP contribution is -2.41. The molecule has 2 aromatic rings. The smallest absolute Gasteiger partial charge is 0.322 e. The zero-order valence-corrected chi connectivity index (χ0v) is 19.2. The highest BCUT2D eigenvalue weighted by atomic mass is 19.1. The number of anilines is 1. The summed E-state index contributed by atoms with van der Waals surface area (Å²) in [6.45, 7) is 8.27. The molecular weight excluding hydrogens is 433 g/mol. The molecule has 0 fully saturated rings. The van der Waals surface area contributed by atoms with Crippen LogP contribution in [0.2, 0.25) is 0 Å². The van der Waals surface area contributed by atoms with Crippen LogP contribution in [0.15, 0.2) is 85.3 Å². The second-order valence-corrected chi connectivity index (χ2v) is 8.00. The first-order valence-corrected chi connectivity index (χ1v) is 11.2. The van der Waals surface area contributed by atoms with E-state index >= 15 is 0 Å². The molecule has 0 bridgehead atoms. The number of hydrogen-bond donors (Lipinski definition) is 2. The maximum Gasteiger partial charge on any atom is 0.322 e. The van der Waals surface area contributed by atoms with E-state index in [1.807, 2.05) is 30.4 Å². The number of unbranched alkanes of at least 4 members (excludes halogenated alkanes) is 1. The van der Waals surface area contributed by atoms with Crippen molar-refractivity contribution in [3.8, 4) is 5.75 Å². The van der Waals surface area contributed by atoms with Gasteiger partial charge >= 0.3 is 6.03 Å². The molecule has 3 rings (SSSR count). The first kappa shape index (κ1) is 24.8. The molecule has 0 unspecified atom stereocenters. The van der Waals surface area contributed by atoms with Crippen LogP contribution in [0.5, 0.6) is 5.75 Å². The average Bonchev–Trinajstić information content (AvgIpc) is 2.82. The molecule has 1 aromatic heterocycles. The summed E-state index contributed by atoms with van der Waals surface area (Å²) in [5, 5.41) is 12.3. The van der Waals surface area contributed by atoms with Crippen molar-refractivity contribution >= 4 is 11.7 Å². The quantitative estimate of drug-likeness (QED) is 0.365. The van der Waals surface area contributed by atoms with E-state index in [2.05, 4.69) is 23.5 Å². The molecule has 2 amide bonds. The Morgan fingerprint density at radius 2 is 2.12 bits per heavy atom. The van der Waals surface area contributed by atoms with Gasteiger partial charge in [-0.2, -0.15) is 0 Å². The Labute approximate surface area is 199 Å². The molecule has 6 nitrogen and oxygen atoms in total. The predicted octanol–water partition coefficient (Wildman–Crippen LogP) is 5.78. The zero-order chi connectivity index (χ0) is 24.3. The monoisotopic (exact) mass is 463 g/mol. The summed E-state index contributed by atoms with van der Waals surface area (Å²) in [4.78, 5) is 18.7. The number of allylic oxidation sites excluding steroid dienone is 3. The molecule has 0 aliphatic carbocycles. The molecule has 34 heavy (non-hydrogen) atoms. The Kier molecular flexibility index (Phi) is 9.03. The highest BCUT2D eigenvalue weighted by Gasteiger charge is 2.20. The van der Waals surface area contributed by atoms with Gasteiger partial charge in [0.25, 0.3) is 0 Å². The molecule has 1 aromatic carbocycles. The van der Waals surface area contributed by atoms with E-state index in [-0.39, 0.29) is 24.1 Å². The van der Waals surface area contributed by atoms with Gasteiger partial charge in [-0.3, -0.25) is 9.88 Å². The molecule has 2 heterocycles. The molecule has 0 radical (unpaired) electrons. The minimum atomic E-state index is -0.434. The van der Waals surface area contributed by atoms with Crippen molar-refractivity contribution in [2.75, 3.05) is 18.0 Å². The van der Waals surface area contributed by atoms with E-state index in [1.54, 1.807) is 17.0 Å². The van der Waals surface area contributed by atoms with E-state index in [0.29, 0.717) is 37.4 Å². The van der Waals surface area contributed by atoms with Gasteiger partial charge in [-0.25, -0.2) is 9.18 Å². The van der Waals surface area contributed by atoms with E-state index < -0.39 is 5.82 Å². The number of aromatic nitrogens is 1. The summed E-state index contributed by atoms with van der Waals surface area (Å²) in [5.41, 5.74) is 2.63. The van der Waals surface area contributed by atoms with Crippen LogP contribution in [0, 0.1) is 5.82 Å². The fraction of sp³-hybridized carbons (Fsp3) is 0.259. The number of rotatable bonds is 9. The fourth-order valence-electron chi connectivity index (χ4n) is 3.52. The van der Waals surface area contributed by atoms with E-state index in [4.69, 9.17) is 4.74 Å². The van der Waals surface area contributed by atoms with Crippen molar-refractivity contribution in [3.05, 3.63) is 102 Å². The first-order valence-electron chi connectivity index (χ1n) is 11.2. The number of benzene rings is 1. The Morgan fingerprint density at radius 3 is 2.91 bits per heavy atom. The summed E-state index contributed by atoms with van der Waals surface area (Å²) in [6, 6.07) is 8.13. The molecule has 2 N–H and O–H groups in total. The Balaban J connectivity index is 1.87. The number of pyridine rings is 1. The topological polar surface area (TPSA) is 74.7 Å². The Bertz CT molecular complexity index is 1090. The number of amides is 2. The molecule has 1 aliphatic rings. The minimum absolute atomic E-state index is 0.0312. The van der Waals surface area contributed by atoms with Crippen LogP contribution in [-0.4, -0.2) is 29.2 Å². The van der Waals surface area contributed by atoms with E-state index in [9.17, 15) is 14.3 Å². The first-order chi connectivity index (χ1) is 16.4. The van der Waals surface area contributed by atoms with Crippen molar-refractivity contribution in [1.82, 2.24) is 10.3 Å². The number of carbonyl (C=O) groups is 1. The fourth-order valence-corrected chi connectivity index (χ4v) is 3.52. The molecule has 178 valence electrons. The molecule has 1 aliphatic heterocycles. The summed E-state index contributed by atoms with van der Waals surface area (Å²) >= 11 is 0. The number of nitrogens with zero attached hydrogens (tertiary/aromatic N) is 2. The Hall–Kier alpha value is -3.87. The third-order valence-corrected chi connectivity index (χ3v) is 5.28. The van der Waals surface area contributed by atoms with Gasteiger partial charge in [0.2, 0.25) is 0 Å². The number of urea groups is 1. The molecular formula is C27H30FN3O3.